The SMILES string of the molecule is CCOC(=O)c1ccc(NS(=O)(=O)NC(C)(C)C)cc1. The maximum Gasteiger partial charge on any atom is 0.338 e. The molecule has 0 saturated carbocycles. The van der Waals surface area contributed by atoms with Crippen molar-refractivity contribution in [2.24, 2.45) is 0 Å². The highest BCUT2D eigenvalue weighted by Gasteiger charge is 2.19. The highest BCUT2D eigenvalue weighted by molar-refractivity contribution is 7.90. The zero-order valence-electron chi connectivity index (χ0n) is 12.1. The molecule has 0 aliphatic rings. The maximum atomic E-state index is 11.8. The van der Waals surface area contributed by atoms with Crippen LogP contribution in [-0.4, -0.2) is 26.5 Å². The highest BCUT2D eigenvalue weighted by atomic mass is 32.2. The Labute approximate surface area is 119 Å². The molecule has 0 fully saturated rings. The summed E-state index contributed by atoms with van der Waals surface area (Å²) in [5, 5.41) is 0. The molecule has 0 atom stereocenters. The van der Waals surface area contributed by atoms with Crippen LogP contribution >= 0.6 is 0 Å². The number of hydrogen-bond acceptors (Lipinski definition) is 4. The fourth-order valence-electron chi connectivity index (χ4n) is 1.47. The molecular weight excluding hydrogens is 280 g/mol. The molecule has 0 bridgehead atoms. The van der Waals surface area contributed by atoms with Crippen molar-refractivity contribution in [2.75, 3.05) is 11.3 Å². The van der Waals surface area contributed by atoms with Gasteiger partial charge in [0.15, 0.2) is 0 Å². The monoisotopic (exact) mass is 300 g/mol. The summed E-state index contributed by atoms with van der Waals surface area (Å²) in [6.07, 6.45) is 0. The second kappa shape index (κ2) is 6.23. The van der Waals surface area contributed by atoms with Crippen molar-refractivity contribution in [3.05, 3.63) is 29.8 Å². The second-order valence-electron chi connectivity index (χ2n) is 5.26. The first-order chi connectivity index (χ1) is 9.13. The minimum absolute atomic E-state index is 0.294. The Morgan fingerprint density at radius 3 is 2.20 bits per heavy atom. The minimum Gasteiger partial charge on any atom is -0.462 e. The van der Waals surface area contributed by atoms with Crippen LogP contribution in [0.15, 0.2) is 24.3 Å². The van der Waals surface area contributed by atoms with Gasteiger partial charge in [0, 0.05) is 11.2 Å². The van der Waals surface area contributed by atoms with Crippen LogP contribution in [-0.2, 0) is 14.9 Å². The highest BCUT2D eigenvalue weighted by Crippen LogP contribution is 2.13. The number of anilines is 1. The van der Waals surface area contributed by atoms with E-state index in [4.69, 9.17) is 4.74 Å². The van der Waals surface area contributed by atoms with Crippen molar-refractivity contribution in [1.82, 2.24) is 4.72 Å². The van der Waals surface area contributed by atoms with E-state index in [0.29, 0.717) is 17.9 Å². The molecule has 1 aromatic carbocycles. The van der Waals surface area contributed by atoms with Crippen LogP contribution < -0.4 is 9.44 Å². The van der Waals surface area contributed by atoms with E-state index >= 15 is 0 Å². The molecule has 7 heteroatoms. The molecule has 20 heavy (non-hydrogen) atoms. The van der Waals surface area contributed by atoms with Gasteiger partial charge in [-0.2, -0.15) is 13.1 Å². The topological polar surface area (TPSA) is 84.5 Å². The molecule has 1 aromatic rings. The molecule has 0 aliphatic carbocycles. The number of ether oxygens (including phenoxy) is 1. The number of rotatable bonds is 5. The number of hydrogen-bond donors (Lipinski definition) is 2. The van der Waals surface area contributed by atoms with Crippen LogP contribution in [0, 0.1) is 0 Å². The smallest absolute Gasteiger partial charge is 0.338 e. The van der Waals surface area contributed by atoms with Crippen LogP contribution in [0.1, 0.15) is 38.1 Å². The van der Waals surface area contributed by atoms with Gasteiger partial charge >= 0.3 is 5.97 Å². The molecule has 2 N–H and O–H groups in total. The number of esters is 1. The molecule has 0 radical (unpaired) electrons. The first kappa shape index (κ1) is 16.5. The van der Waals surface area contributed by atoms with Crippen LogP contribution in [0.5, 0.6) is 0 Å². The molecule has 0 unspecified atom stereocenters. The number of carbonyl (C=O) groups excluding carboxylic acids is 1. The molecule has 1 rings (SSSR count). The van der Waals surface area contributed by atoms with Crippen molar-refractivity contribution < 1.29 is 17.9 Å². The van der Waals surface area contributed by atoms with Gasteiger partial charge in [0.2, 0.25) is 0 Å². The fourth-order valence-corrected chi connectivity index (χ4v) is 2.78. The Kier molecular flexibility index (Phi) is 5.13. The lowest BCUT2D eigenvalue weighted by Gasteiger charge is -2.20. The predicted molar refractivity (Wildman–Crippen MR) is 77.8 cm³/mol. The molecule has 112 valence electrons. The van der Waals surface area contributed by atoms with Crippen LogP contribution in [0.25, 0.3) is 0 Å². The van der Waals surface area contributed by atoms with Gasteiger partial charge in [-0.1, -0.05) is 0 Å². The summed E-state index contributed by atoms with van der Waals surface area (Å²) in [6.45, 7) is 7.25. The van der Waals surface area contributed by atoms with E-state index in [0.717, 1.165) is 0 Å². The molecular formula is C13H20N2O4S. The number of nitrogens with one attached hydrogen (secondary N) is 2. The molecule has 0 aliphatic heterocycles. The van der Waals surface area contributed by atoms with E-state index in [2.05, 4.69) is 9.44 Å². The van der Waals surface area contributed by atoms with Crippen LogP contribution in [0.3, 0.4) is 0 Å². The summed E-state index contributed by atoms with van der Waals surface area (Å²) < 4.78 is 33.3. The summed E-state index contributed by atoms with van der Waals surface area (Å²) in [4.78, 5) is 11.5. The molecule has 0 amide bonds. The summed E-state index contributed by atoms with van der Waals surface area (Å²) >= 11 is 0. The van der Waals surface area contributed by atoms with Gasteiger partial charge in [-0.25, -0.2) is 4.79 Å². The number of benzene rings is 1. The number of carbonyl (C=O) groups is 1. The van der Waals surface area contributed by atoms with Gasteiger partial charge in [-0.05, 0) is 52.0 Å². The Morgan fingerprint density at radius 1 is 1.20 bits per heavy atom. The van der Waals surface area contributed by atoms with E-state index in [1.165, 1.54) is 24.3 Å². The fraction of sp³-hybridized carbons (Fsp3) is 0.462. The van der Waals surface area contributed by atoms with Gasteiger partial charge in [0.1, 0.15) is 0 Å². The summed E-state index contributed by atoms with van der Waals surface area (Å²) in [5.74, 6) is -0.435. The van der Waals surface area contributed by atoms with E-state index in [9.17, 15) is 13.2 Å². The molecule has 0 spiro atoms. The zero-order valence-corrected chi connectivity index (χ0v) is 12.9. The van der Waals surface area contributed by atoms with Crippen molar-refractivity contribution >= 4 is 21.9 Å². The van der Waals surface area contributed by atoms with Gasteiger partial charge in [0.25, 0.3) is 10.2 Å². The third-order valence-corrected chi connectivity index (χ3v) is 3.47. The second-order valence-corrected chi connectivity index (χ2v) is 6.67. The van der Waals surface area contributed by atoms with Gasteiger partial charge in [-0.15, -0.1) is 0 Å². The van der Waals surface area contributed by atoms with Crippen LogP contribution in [0.4, 0.5) is 5.69 Å². The standard InChI is InChI=1S/C13H20N2O4S/c1-5-19-12(16)10-6-8-11(9-7-10)14-20(17,18)15-13(2,3)4/h6-9,14-15H,5H2,1-4H3. The predicted octanol–water partition coefficient (Wildman–Crippen LogP) is 1.91. The van der Waals surface area contributed by atoms with E-state index < -0.39 is 21.7 Å². The summed E-state index contributed by atoms with van der Waals surface area (Å²) in [5.41, 5.74) is 0.171. The first-order valence-corrected chi connectivity index (χ1v) is 7.70. The van der Waals surface area contributed by atoms with Gasteiger partial charge in [0.05, 0.1) is 12.2 Å². The molecule has 0 heterocycles. The van der Waals surface area contributed by atoms with Crippen molar-refractivity contribution in [3.63, 3.8) is 0 Å². The summed E-state index contributed by atoms with van der Waals surface area (Å²) in [7, 11) is -3.65. The molecule has 0 saturated heterocycles. The van der Waals surface area contributed by atoms with Crippen LogP contribution in [0.2, 0.25) is 0 Å². The Morgan fingerprint density at radius 2 is 1.75 bits per heavy atom. The van der Waals surface area contributed by atoms with Gasteiger partial charge < -0.3 is 4.74 Å². The largest absolute Gasteiger partial charge is 0.462 e. The normalized spacial score (nSPS) is 12.0. The lowest BCUT2D eigenvalue weighted by Crippen LogP contribution is -2.43. The first-order valence-electron chi connectivity index (χ1n) is 6.22. The van der Waals surface area contributed by atoms with E-state index in [1.54, 1.807) is 27.7 Å². The van der Waals surface area contributed by atoms with E-state index in [1.807, 2.05) is 0 Å². The third-order valence-electron chi connectivity index (χ3n) is 2.09. The third kappa shape index (κ3) is 5.58. The lowest BCUT2D eigenvalue weighted by molar-refractivity contribution is 0.0526. The van der Waals surface area contributed by atoms with Gasteiger partial charge in [-0.3, -0.25) is 4.72 Å². The Bertz CT molecular complexity index is 559. The average molecular weight is 300 g/mol. The van der Waals surface area contributed by atoms with Crippen molar-refractivity contribution in [3.8, 4) is 0 Å². The lowest BCUT2D eigenvalue weighted by atomic mass is 10.1. The zero-order chi connectivity index (χ0) is 15.4. The Hall–Kier alpha value is -1.60. The van der Waals surface area contributed by atoms with Crippen molar-refractivity contribution in [2.45, 2.75) is 33.2 Å². The minimum atomic E-state index is -3.65. The molecule has 0 aromatic heterocycles. The summed E-state index contributed by atoms with van der Waals surface area (Å²) in [6, 6.07) is 6.03. The average Bonchev–Trinajstić information content (AvgIpc) is 2.26. The maximum absolute atomic E-state index is 11.8. The molecule has 6 nitrogen and oxygen atoms in total. The quantitative estimate of drug-likeness (QED) is 0.814. The van der Waals surface area contributed by atoms with Crippen molar-refractivity contribution in [1.29, 1.82) is 0 Å². The van der Waals surface area contributed by atoms with E-state index in [-0.39, 0.29) is 0 Å². The Balaban J connectivity index is 2.78.